The molecular formula is C63H40N4. The van der Waals surface area contributed by atoms with Crippen LogP contribution in [0.25, 0.3) is 43.4 Å². The van der Waals surface area contributed by atoms with Crippen molar-refractivity contribution in [1.82, 2.24) is 0 Å². The largest absolute Gasteiger partial charge is 0.310 e. The predicted octanol–water partition coefficient (Wildman–Crippen LogP) is 16.2. The molecule has 0 atom stereocenters. The minimum absolute atomic E-state index is 0.623. The summed E-state index contributed by atoms with van der Waals surface area (Å²) in [7, 11) is 0. The second-order valence-corrected chi connectivity index (χ2v) is 17.1. The molecule has 0 aliphatic heterocycles. The van der Waals surface area contributed by atoms with Gasteiger partial charge < -0.3 is 9.80 Å². The van der Waals surface area contributed by atoms with Gasteiger partial charge in [-0.1, -0.05) is 146 Å². The lowest BCUT2D eigenvalue weighted by atomic mass is 9.65. The molecule has 4 heteroatoms. The summed E-state index contributed by atoms with van der Waals surface area (Å²) in [5.74, 6) is 0. The van der Waals surface area contributed by atoms with E-state index >= 15 is 0 Å². The molecule has 67 heavy (non-hydrogen) atoms. The molecule has 0 bridgehead atoms. The van der Waals surface area contributed by atoms with Crippen molar-refractivity contribution >= 4 is 66.4 Å². The molecule has 0 saturated heterocycles. The molecule has 1 aliphatic carbocycles. The van der Waals surface area contributed by atoms with Crippen molar-refractivity contribution in [2.45, 2.75) is 5.41 Å². The molecule has 0 fully saturated rings. The second-order valence-electron chi connectivity index (χ2n) is 17.1. The Hall–Kier alpha value is -9.22. The third-order valence-corrected chi connectivity index (χ3v) is 13.5. The summed E-state index contributed by atoms with van der Waals surface area (Å²) in [6.45, 7) is 0. The Kier molecular flexibility index (Phi) is 9.46. The van der Waals surface area contributed by atoms with Crippen LogP contribution in [0.3, 0.4) is 0 Å². The highest BCUT2D eigenvalue weighted by molar-refractivity contribution is 6.21. The Morgan fingerprint density at radius 1 is 0.313 bits per heavy atom. The maximum absolute atomic E-state index is 9.69. The van der Waals surface area contributed by atoms with Crippen LogP contribution in [-0.4, -0.2) is 0 Å². The molecule has 0 aromatic heterocycles. The smallest absolute Gasteiger partial charge is 0.0991 e. The standard InChI is InChI=1S/C63H40N4/c64-41-43-25-30-50(31-26-43)66(48-19-9-3-10-20-48)52-34-37-54-45(39-52)29-36-58-60-56-24-14-13-23-55(56)59-40-53(67(49-21-11-4-12-22-49)51-32-27-44(42-65)28-33-51)35-38-57(59)62(60)63(61(54)58,46-15-5-1-6-16-46)47-17-7-2-8-18-47/h1-40H. The van der Waals surface area contributed by atoms with Crippen LogP contribution in [0.1, 0.15) is 33.4 Å². The Morgan fingerprint density at radius 3 is 1.27 bits per heavy atom. The zero-order chi connectivity index (χ0) is 44.9. The third kappa shape index (κ3) is 6.28. The van der Waals surface area contributed by atoms with E-state index in [0.29, 0.717) is 11.1 Å². The number of hydrogen-bond acceptors (Lipinski definition) is 4. The number of rotatable bonds is 8. The van der Waals surface area contributed by atoms with Crippen LogP contribution < -0.4 is 9.80 Å². The van der Waals surface area contributed by atoms with E-state index in [1.54, 1.807) is 0 Å². The molecule has 0 unspecified atom stereocenters. The molecule has 0 heterocycles. The summed E-state index contributed by atoms with van der Waals surface area (Å²) < 4.78 is 0. The lowest BCUT2D eigenvalue weighted by Crippen LogP contribution is -2.29. The Labute approximate surface area is 389 Å². The average molecular weight is 853 g/mol. The van der Waals surface area contributed by atoms with Crippen molar-refractivity contribution in [3.05, 3.63) is 276 Å². The van der Waals surface area contributed by atoms with E-state index < -0.39 is 5.41 Å². The number of fused-ring (bicyclic) bond motifs is 10. The van der Waals surface area contributed by atoms with Gasteiger partial charge in [0, 0.05) is 34.1 Å². The van der Waals surface area contributed by atoms with Gasteiger partial charge in [-0.05, 0) is 163 Å². The monoisotopic (exact) mass is 852 g/mol. The molecule has 12 rings (SSSR count). The predicted molar refractivity (Wildman–Crippen MR) is 275 cm³/mol. The van der Waals surface area contributed by atoms with E-state index in [-0.39, 0.29) is 0 Å². The van der Waals surface area contributed by atoms with Gasteiger partial charge in [-0.2, -0.15) is 10.5 Å². The van der Waals surface area contributed by atoms with Gasteiger partial charge in [0.15, 0.2) is 0 Å². The van der Waals surface area contributed by atoms with Crippen LogP contribution in [0.5, 0.6) is 0 Å². The van der Waals surface area contributed by atoms with Gasteiger partial charge in [0.25, 0.3) is 0 Å². The average Bonchev–Trinajstić information content (AvgIpc) is 3.73. The molecule has 11 aromatic rings. The van der Waals surface area contributed by atoms with Crippen molar-refractivity contribution in [3.63, 3.8) is 0 Å². The SMILES string of the molecule is N#Cc1ccc(N(c2ccccc2)c2ccc3c4c(ccc3c2)-c2c(c3ccc(N(c5ccccc5)c5ccc(C#N)cc5)cc3c3ccccc23)C4(c2ccccc2)c2ccccc2)cc1. The number of nitrogens with zero attached hydrogens (tertiary/aromatic N) is 4. The maximum atomic E-state index is 9.69. The van der Waals surface area contributed by atoms with Crippen LogP contribution in [0.2, 0.25) is 0 Å². The van der Waals surface area contributed by atoms with Crippen LogP contribution in [0, 0.1) is 22.7 Å². The number of hydrogen-bond donors (Lipinski definition) is 0. The summed E-state index contributed by atoms with van der Waals surface area (Å²) >= 11 is 0. The summed E-state index contributed by atoms with van der Waals surface area (Å²) in [4.78, 5) is 4.54. The van der Waals surface area contributed by atoms with E-state index in [1.807, 2.05) is 60.7 Å². The van der Waals surface area contributed by atoms with Gasteiger partial charge in [-0.15, -0.1) is 0 Å². The highest BCUT2D eigenvalue weighted by atomic mass is 15.1. The lowest BCUT2D eigenvalue weighted by Gasteiger charge is -2.36. The molecule has 0 saturated carbocycles. The van der Waals surface area contributed by atoms with Crippen molar-refractivity contribution < 1.29 is 0 Å². The summed E-state index contributed by atoms with van der Waals surface area (Å²) in [6, 6.07) is 90.6. The first-order valence-electron chi connectivity index (χ1n) is 22.5. The topological polar surface area (TPSA) is 54.1 Å². The molecule has 11 aromatic carbocycles. The normalized spacial score (nSPS) is 12.3. The van der Waals surface area contributed by atoms with Gasteiger partial charge in [0.1, 0.15) is 0 Å². The summed E-state index contributed by atoms with van der Waals surface area (Å²) in [6.07, 6.45) is 0. The Morgan fingerprint density at radius 2 is 0.746 bits per heavy atom. The highest BCUT2D eigenvalue weighted by Gasteiger charge is 2.49. The minimum Gasteiger partial charge on any atom is -0.310 e. The molecule has 312 valence electrons. The van der Waals surface area contributed by atoms with Crippen LogP contribution in [-0.2, 0) is 5.41 Å². The van der Waals surface area contributed by atoms with Crippen molar-refractivity contribution in [1.29, 1.82) is 10.5 Å². The summed E-state index contributed by atoms with van der Waals surface area (Å²) in [5, 5.41) is 26.4. The third-order valence-electron chi connectivity index (χ3n) is 13.5. The van der Waals surface area contributed by atoms with Crippen molar-refractivity contribution in [3.8, 4) is 23.3 Å². The molecule has 0 spiro atoms. The fourth-order valence-corrected chi connectivity index (χ4v) is 10.7. The quantitative estimate of drug-likeness (QED) is 0.143. The second kappa shape index (κ2) is 16.1. The van der Waals surface area contributed by atoms with E-state index in [2.05, 4.69) is 204 Å². The van der Waals surface area contributed by atoms with Crippen LogP contribution >= 0.6 is 0 Å². The lowest BCUT2D eigenvalue weighted by molar-refractivity contribution is 0.783. The Bertz CT molecular complexity index is 3700. The number of para-hydroxylation sites is 2. The number of anilines is 6. The molecule has 0 amide bonds. The van der Waals surface area contributed by atoms with Gasteiger partial charge >= 0.3 is 0 Å². The highest BCUT2D eigenvalue weighted by Crippen LogP contribution is 2.62. The van der Waals surface area contributed by atoms with E-state index in [0.717, 1.165) is 44.9 Å². The molecule has 1 aliphatic rings. The number of nitriles is 2. The van der Waals surface area contributed by atoms with E-state index in [9.17, 15) is 10.5 Å². The first kappa shape index (κ1) is 39.4. The maximum Gasteiger partial charge on any atom is 0.0991 e. The van der Waals surface area contributed by atoms with Gasteiger partial charge in [-0.3, -0.25) is 0 Å². The molecule has 0 N–H and O–H groups in total. The van der Waals surface area contributed by atoms with E-state index in [1.165, 1.54) is 54.9 Å². The van der Waals surface area contributed by atoms with Gasteiger partial charge in [0.2, 0.25) is 0 Å². The van der Waals surface area contributed by atoms with Gasteiger partial charge in [0.05, 0.1) is 28.7 Å². The molecular weight excluding hydrogens is 813 g/mol. The van der Waals surface area contributed by atoms with Crippen LogP contribution in [0.15, 0.2) is 243 Å². The van der Waals surface area contributed by atoms with Crippen molar-refractivity contribution in [2.24, 2.45) is 0 Å². The van der Waals surface area contributed by atoms with Crippen molar-refractivity contribution in [2.75, 3.05) is 9.80 Å². The fraction of sp³-hybridized carbons (Fsp3) is 0.0159. The Balaban J connectivity index is 1.16. The number of benzene rings is 11. The fourth-order valence-electron chi connectivity index (χ4n) is 10.7. The van der Waals surface area contributed by atoms with Crippen LogP contribution in [0.4, 0.5) is 34.1 Å². The zero-order valence-corrected chi connectivity index (χ0v) is 36.4. The minimum atomic E-state index is -0.712. The zero-order valence-electron chi connectivity index (χ0n) is 36.4. The van der Waals surface area contributed by atoms with Gasteiger partial charge in [-0.25, -0.2) is 0 Å². The first-order valence-corrected chi connectivity index (χ1v) is 22.5. The molecule has 4 nitrogen and oxygen atoms in total. The first-order chi connectivity index (χ1) is 33.1. The molecule has 0 radical (unpaired) electrons. The summed E-state index contributed by atoms with van der Waals surface area (Å²) in [5.41, 5.74) is 14.0. The van der Waals surface area contributed by atoms with E-state index in [4.69, 9.17) is 0 Å².